The molecule has 2 rings (SSSR count). The SMILES string of the molecule is CCN(CC)S(=O)(=O)c1ccc(Cl)c(NC(=O)COc2c(C)cccc2C)c1. The van der Waals surface area contributed by atoms with Gasteiger partial charge in [0.15, 0.2) is 6.61 Å². The van der Waals surface area contributed by atoms with E-state index in [4.69, 9.17) is 16.3 Å². The maximum atomic E-state index is 12.7. The summed E-state index contributed by atoms with van der Waals surface area (Å²) < 4.78 is 32.3. The van der Waals surface area contributed by atoms with Crippen LogP contribution in [0.25, 0.3) is 0 Å². The molecule has 0 atom stereocenters. The molecule has 152 valence electrons. The first-order valence-electron chi connectivity index (χ1n) is 8.99. The fraction of sp³-hybridized carbons (Fsp3) is 0.350. The minimum atomic E-state index is -3.65. The fourth-order valence-corrected chi connectivity index (χ4v) is 4.47. The molecule has 0 fully saturated rings. The van der Waals surface area contributed by atoms with E-state index >= 15 is 0 Å². The van der Waals surface area contributed by atoms with Gasteiger partial charge in [-0.25, -0.2) is 8.42 Å². The average molecular weight is 425 g/mol. The number of anilines is 1. The van der Waals surface area contributed by atoms with Crippen molar-refractivity contribution in [1.82, 2.24) is 4.31 Å². The van der Waals surface area contributed by atoms with Crippen LogP contribution in [0.1, 0.15) is 25.0 Å². The Hall–Kier alpha value is -2.09. The number of sulfonamides is 1. The molecule has 0 saturated carbocycles. The van der Waals surface area contributed by atoms with E-state index < -0.39 is 15.9 Å². The quantitative estimate of drug-likeness (QED) is 0.694. The van der Waals surface area contributed by atoms with Crippen LogP contribution in [0.2, 0.25) is 5.02 Å². The Labute approximate surface area is 171 Å². The van der Waals surface area contributed by atoms with Gasteiger partial charge in [0.25, 0.3) is 5.91 Å². The van der Waals surface area contributed by atoms with E-state index in [0.29, 0.717) is 18.8 Å². The van der Waals surface area contributed by atoms with Gasteiger partial charge >= 0.3 is 0 Å². The summed E-state index contributed by atoms with van der Waals surface area (Å²) in [5.41, 5.74) is 2.08. The van der Waals surface area contributed by atoms with E-state index in [0.717, 1.165) is 11.1 Å². The zero-order valence-electron chi connectivity index (χ0n) is 16.5. The lowest BCUT2D eigenvalue weighted by Crippen LogP contribution is -2.30. The molecule has 0 aromatic heterocycles. The van der Waals surface area contributed by atoms with E-state index in [-0.39, 0.29) is 22.2 Å². The number of rotatable bonds is 8. The average Bonchev–Trinajstić information content (AvgIpc) is 2.63. The third kappa shape index (κ3) is 5.04. The molecular formula is C20H25ClN2O4S. The van der Waals surface area contributed by atoms with E-state index in [1.165, 1.54) is 22.5 Å². The van der Waals surface area contributed by atoms with Gasteiger partial charge in [-0.1, -0.05) is 43.6 Å². The van der Waals surface area contributed by atoms with Crippen LogP contribution in [0.3, 0.4) is 0 Å². The van der Waals surface area contributed by atoms with Crippen LogP contribution in [0, 0.1) is 13.8 Å². The van der Waals surface area contributed by atoms with Gasteiger partial charge in [0, 0.05) is 13.1 Å². The molecule has 0 saturated heterocycles. The van der Waals surface area contributed by atoms with E-state index in [1.54, 1.807) is 13.8 Å². The molecule has 2 aromatic carbocycles. The van der Waals surface area contributed by atoms with Crippen molar-refractivity contribution in [2.24, 2.45) is 0 Å². The van der Waals surface area contributed by atoms with Crippen molar-refractivity contribution in [2.45, 2.75) is 32.6 Å². The molecule has 0 radical (unpaired) electrons. The van der Waals surface area contributed by atoms with Crippen LogP contribution in [-0.4, -0.2) is 38.3 Å². The largest absolute Gasteiger partial charge is 0.483 e. The lowest BCUT2D eigenvalue weighted by Gasteiger charge is -2.19. The summed E-state index contributed by atoms with van der Waals surface area (Å²) in [6, 6.07) is 9.97. The van der Waals surface area contributed by atoms with Crippen LogP contribution < -0.4 is 10.1 Å². The number of benzene rings is 2. The van der Waals surface area contributed by atoms with Crippen LogP contribution in [0.4, 0.5) is 5.69 Å². The summed E-state index contributed by atoms with van der Waals surface area (Å²) in [6.45, 7) is 7.83. The summed E-state index contributed by atoms with van der Waals surface area (Å²) in [7, 11) is -3.65. The van der Waals surface area contributed by atoms with E-state index in [9.17, 15) is 13.2 Å². The summed E-state index contributed by atoms with van der Waals surface area (Å²) in [4.78, 5) is 12.4. The second-order valence-corrected chi connectivity index (χ2v) is 8.63. The third-order valence-electron chi connectivity index (χ3n) is 4.31. The van der Waals surface area contributed by atoms with Gasteiger partial charge in [0.2, 0.25) is 10.0 Å². The van der Waals surface area contributed by atoms with Gasteiger partial charge in [-0.05, 0) is 43.2 Å². The molecule has 8 heteroatoms. The minimum absolute atomic E-state index is 0.0755. The Kier molecular flexibility index (Phi) is 7.46. The molecule has 0 aliphatic rings. The number of hydrogen-bond acceptors (Lipinski definition) is 4. The number of hydrogen-bond donors (Lipinski definition) is 1. The molecule has 6 nitrogen and oxygen atoms in total. The first kappa shape index (κ1) is 22.2. The predicted octanol–water partition coefficient (Wildman–Crippen LogP) is 4.00. The molecule has 0 unspecified atom stereocenters. The zero-order valence-corrected chi connectivity index (χ0v) is 18.0. The number of nitrogens with one attached hydrogen (secondary N) is 1. The van der Waals surface area contributed by atoms with Gasteiger partial charge < -0.3 is 10.1 Å². The van der Waals surface area contributed by atoms with E-state index in [2.05, 4.69) is 5.32 Å². The molecule has 0 bridgehead atoms. The van der Waals surface area contributed by atoms with Gasteiger partial charge in [0.05, 0.1) is 15.6 Å². The molecule has 0 heterocycles. The van der Waals surface area contributed by atoms with Crippen molar-refractivity contribution in [3.63, 3.8) is 0 Å². The third-order valence-corrected chi connectivity index (χ3v) is 6.69. The van der Waals surface area contributed by atoms with Crippen molar-refractivity contribution < 1.29 is 17.9 Å². The Morgan fingerprint density at radius 2 is 1.71 bits per heavy atom. The first-order chi connectivity index (χ1) is 13.2. The first-order valence-corrected chi connectivity index (χ1v) is 10.8. The van der Waals surface area contributed by atoms with Crippen LogP contribution in [0.15, 0.2) is 41.3 Å². The Morgan fingerprint density at radius 3 is 2.29 bits per heavy atom. The van der Waals surface area contributed by atoms with Crippen LogP contribution in [0.5, 0.6) is 5.75 Å². The van der Waals surface area contributed by atoms with Gasteiger partial charge in [-0.3, -0.25) is 4.79 Å². The second-order valence-electron chi connectivity index (χ2n) is 6.29. The molecular weight excluding hydrogens is 400 g/mol. The molecule has 0 spiro atoms. The van der Waals surface area contributed by atoms with Crippen molar-refractivity contribution in [2.75, 3.05) is 25.0 Å². The van der Waals surface area contributed by atoms with Gasteiger partial charge in [-0.2, -0.15) is 4.31 Å². The molecule has 28 heavy (non-hydrogen) atoms. The molecule has 1 N–H and O–H groups in total. The highest BCUT2D eigenvalue weighted by molar-refractivity contribution is 7.89. The monoisotopic (exact) mass is 424 g/mol. The molecule has 0 aliphatic heterocycles. The van der Waals surface area contributed by atoms with Gasteiger partial charge in [-0.15, -0.1) is 0 Å². The molecule has 1 amide bonds. The summed E-state index contributed by atoms with van der Waals surface area (Å²) >= 11 is 6.14. The standard InChI is InChI=1S/C20H25ClN2O4S/c1-5-23(6-2)28(25,26)16-10-11-17(21)18(12-16)22-19(24)13-27-20-14(3)8-7-9-15(20)4/h7-12H,5-6,13H2,1-4H3,(H,22,24). The number of nitrogens with zero attached hydrogens (tertiary/aromatic N) is 1. The van der Waals surface area contributed by atoms with Crippen molar-refractivity contribution >= 4 is 33.2 Å². The Bertz CT molecular complexity index is 936. The number of para-hydroxylation sites is 1. The number of amides is 1. The fourth-order valence-electron chi connectivity index (χ4n) is 2.82. The predicted molar refractivity (Wildman–Crippen MR) is 112 cm³/mol. The lowest BCUT2D eigenvalue weighted by atomic mass is 10.1. The number of aryl methyl sites for hydroxylation is 2. The van der Waals surface area contributed by atoms with Gasteiger partial charge in [0.1, 0.15) is 5.75 Å². The smallest absolute Gasteiger partial charge is 0.262 e. The highest BCUT2D eigenvalue weighted by Crippen LogP contribution is 2.27. The number of halogens is 1. The Morgan fingerprint density at radius 1 is 1.11 bits per heavy atom. The van der Waals surface area contributed by atoms with Crippen molar-refractivity contribution in [1.29, 1.82) is 0 Å². The summed E-state index contributed by atoms with van der Waals surface area (Å²) in [5.74, 6) is 0.226. The highest BCUT2D eigenvalue weighted by atomic mass is 35.5. The number of carbonyl (C=O) groups excluding carboxylic acids is 1. The lowest BCUT2D eigenvalue weighted by molar-refractivity contribution is -0.118. The maximum Gasteiger partial charge on any atom is 0.262 e. The Balaban J connectivity index is 2.16. The van der Waals surface area contributed by atoms with Crippen molar-refractivity contribution in [3.8, 4) is 5.75 Å². The normalized spacial score (nSPS) is 11.5. The highest BCUT2D eigenvalue weighted by Gasteiger charge is 2.23. The summed E-state index contributed by atoms with van der Waals surface area (Å²) in [6.07, 6.45) is 0. The second kappa shape index (κ2) is 9.41. The minimum Gasteiger partial charge on any atom is -0.483 e. The zero-order chi connectivity index (χ0) is 20.9. The van der Waals surface area contributed by atoms with Crippen molar-refractivity contribution in [3.05, 3.63) is 52.5 Å². The van der Waals surface area contributed by atoms with Crippen LogP contribution in [-0.2, 0) is 14.8 Å². The number of ether oxygens (including phenoxy) is 1. The topological polar surface area (TPSA) is 75.7 Å². The number of carbonyl (C=O) groups is 1. The maximum absolute atomic E-state index is 12.7. The summed E-state index contributed by atoms with van der Waals surface area (Å²) in [5, 5.41) is 2.88. The molecule has 0 aliphatic carbocycles. The van der Waals surface area contributed by atoms with E-state index in [1.807, 2.05) is 32.0 Å². The molecule has 2 aromatic rings. The van der Waals surface area contributed by atoms with Crippen LogP contribution >= 0.6 is 11.6 Å².